The molecule has 3 aromatic carbocycles. The summed E-state index contributed by atoms with van der Waals surface area (Å²) in [5.74, 6) is -2.92. The van der Waals surface area contributed by atoms with E-state index in [1.165, 1.54) is 11.0 Å². The van der Waals surface area contributed by atoms with Crippen LogP contribution >= 0.6 is 11.6 Å². The van der Waals surface area contributed by atoms with Gasteiger partial charge in [-0.25, -0.2) is 0 Å². The van der Waals surface area contributed by atoms with Crippen LogP contribution in [0.25, 0.3) is 16.3 Å². The van der Waals surface area contributed by atoms with Crippen molar-refractivity contribution in [3.05, 3.63) is 124 Å². The van der Waals surface area contributed by atoms with Crippen LogP contribution in [0.1, 0.15) is 52.4 Å². The number of fused-ring (bicyclic) bond motifs is 1. The van der Waals surface area contributed by atoms with Crippen LogP contribution in [0.15, 0.2) is 94.4 Å². The third-order valence-electron chi connectivity index (χ3n) is 7.82. The monoisotopic (exact) mass is 607 g/mol. The van der Waals surface area contributed by atoms with E-state index in [0.29, 0.717) is 16.2 Å². The van der Waals surface area contributed by atoms with Crippen molar-refractivity contribution in [1.82, 2.24) is 4.90 Å². The summed E-state index contributed by atoms with van der Waals surface area (Å²) in [7, 11) is 0. The number of benzene rings is 3. The summed E-state index contributed by atoms with van der Waals surface area (Å²) < 4.78 is 44.9. The first-order valence-electron chi connectivity index (χ1n) is 13.6. The standard InChI is InChI=1S/C34H29ClF3NO4/c1-20-11-12-21-7-4-5-10-27(21)30(20)31(40)39(19-26-13-14-29(43-26)34(36,37)38)18-24-15-23(17-28(24)35)22-8-6-9-25(16-22)33(2,3)32(41)42/h4-17,24H,18-19H2,1-3H3,(H,41,42). The van der Waals surface area contributed by atoms with Gasteiger partial charge in [0.15, 0.2) is 0 Å². The third kappa shape index (κ3) is 6.11. The zero-order valence-electron chi connectivity index (χ0n) is 23.7. The van der Waals surface area contributed by atoms with Crippen molar-refractivity contribution in [2.75, 3.05) is 6.54 Å². The van der Waals surface area contributed by atoms with Gasteiger partial charge in [-0.05, 0) is 72.0 Å². The Morgan fingerprint density at radius 2 is 1.74 bits per heavy atom. The topological polar surface area (TPSA) is 70.8 Å². The summed E-state index contributed by atoms with van der Waals surface area (Å²) in [4.78, 5) is 27.4. The molecular weight excluding hydrogens is 579 g/mol. The van der Waals surface area contributed by atoms with E-state index in [-0.39, 0.29) is 24.8 Å². The molecule has 5 nitrogen and oxygen atoms in total. The Kier molecular flexibility index (Phi) is 8.01. The van der Waals surface area contributed by atoms with Crippen molar-refractivity contribution in [1.29, 1.82) is 0 Å². The summed E-state index contributed by atoms with van der Waals surface area (Å²) in [5, 5.41) is 11.7. The van der Waals surface area contributed by atoms with E-state index in [1.54, 1.807) is 38.1 Å². The van der Waals surface area contributed by atoms with Crippen LogP contribution in [0, 0.1) is 12.8 Å². The fourth-order valence-corrected chi connectivity index (χ4v) is 5.46. The van der Waals surface area contributed by atoms with E-state index in [4.69, 9.17) is 16.0 Å². The summed E-state index contributed by atoms with van der Waals surface area (Å²) in [5.41, 5.74) is 2.20. The van der Waals surface area contributed by atoms with E-state index in [1.807, 2.05) is 55.5 Å². The molecule has 43 heavy (non-hydrogen) atoms. The lowest BCUT2D eigenvalue weighted by atomic mass is 9.83. The maximum absolute atomic E-state index is 14.2. The molecular formula is C34H29ClF3NO4. The number of carboxylic acids is 1. The number of carbonyl (C=O) groups excluding carboxylic acids is 1. The normalized spacial score (nSPS) is 15.4. The van der Waals surface area contributed by atoms with Crippen LogP contribution < -0.4 is 0 Å². The molecule has 0 fully saturated rings. The summed E-state index contributed by atoms with van der Waals surface area (Å²) in [6, 6.07) is 20.4. The Bertz CT molecular complexity index is 1780. The molecule has 1 heterocycles. The van der Waals surface area contributed by atoms with Gasteiger partial charge >= 0.3 is 12.1 Å². The van der Waals surface area contributed by atoms with Crippen LogP contribution in [0.4, 0.5) is 13.2 Å². The molecule has 1 aromatic heterocycles. The number of alkyl halides is 3. The lowest BCUT2D eigenvalue weighted by Crippen LogP contribution is -2.35. The van der Waals surface area contributed by atoms with Gasteiger partial charge in [-0.15, -0.1) is 0 Å². The van der Waals surface area contributed by atoms with Gasteiger partial charge < -0.3 is 14.4 Å². The molecule has 0 aliphatic heterocycles. The minimum Gasteiger partial charge on any atom is -0.481 e. The Hall–Kier alpha value is -4.30. The number of halogens is 4. The minimum atomic E-state index is -4.65. The second kappa shape index (κ2) is 11.4. The van der Waals surface area contributed by atoms with Crippen molar-refractivity contribution in [3.63, 3.8) is 0 Å². The zero-order valence-corrected chi connectivity index (χ0v) is 24.5. The maximum Gasteiger partial charge on any atom is 0.449 e. The molecule has 1 amide bonds. The molecule has 1 unspecified atom stereocenters. The molecule has 222 valence electrons. The van der Waals surface area contributed by atoms with Crippen LogP contribution in [0.3, 0.4) is 0 Å². The molecule has 5 rings (SSSR count). The molecule has 0 bridgehead atoms. The summed E-state index contributed by atoms with van der Waals surface area (Å²) in [6.45, 7) is 4.94. The van der Waals surface area contributed by atoms with Gasteiger partial charge in [0.1, 0.15) is 5.76 Å². The number of carbonyl (C=O) groups is 2. The Balaban J connectivity index is 1.51. The number of nitrogens with zero attached hydrogens (tertiary/aromatic N) is 1. The Morgan fingerprint density at radius 1 is 1.00 bits per heavy atom. The third-order valence-corrected chi connectivity index (χ3v) is 8.21. The van der Waals surface area contributed by atoms with E-state index < -0.39 is 29.2 Å². The number of rotatable bonds is 8. The molecule has 9 heteroatoms. The van der Waals surface area contributed by atoms with Gasteiger partial charge in [0.2, 0.25) is 5.76 Å². The lowest BCUT2D eigenvalue weighted by Gasteiger charge is -2.26. The SMILES string of the molecule is Cc1ccc2ccccc2c1C(=O)N(Cc1ccc(C(F)(F)F)o1)CC1C=C(c2cccc(C(C)(C)C(=O)O)c2)C=C1Cl. The van der Waals surface area contributed by atoms with Crippen LogP contribution in [0.5, 0.6) is 0 Å². The molecule has 4 aromatic rings. The minimum absolute atomic E-state index is 0.00975. The number of allylic oxidation sites excluding steroid dienone is 2. The molecule has 1 aliphatic carbocycles. The van der Waals surface area contributed by atoms with E-state index >= 15 is 0 Å². The molecule has 0 radical (unpaired) electrons. The first-order valence-corrected chi connectivity index (χ1v) is 14.0. The van der Waals surface area contributed by atoms with Gasteiger partial charge in [-0.1, -0.05) is 78.3 Å². The first-order chi connectivity index (χ1) is 20.3. The maximum atomic E-state index is 14.2. The fraction of sp³-hybridized carbons (Fsp3) is 0.235. The van der Waals surface area contributed by atoms with Gasteiger partial charge in [-0.2, -0.15) is 13.2 Å². The largest absolute Gasteiger partial charge is 0.481 e. The highest BCUT2D eigenvalue weighted by molar-refractivity contribution is 6.31. The van der Waals surface area contributed by atoms with Crippen molar-refractivity contribution < 1.29 is 32.3 Å². The number of hydrogen-bond acceptors (Lipinski definition) is 3. The van der Waals surface area contributed by atoms with E-state index in [2.05, 4.69) is 0 Å². The lowest BCUT2D eigenvalue weighted by molar-refractivity contribution is -0.153. The molecule has 0 spiro atoms. The molecule has 1 atom stereocenters. The highest BCUT2D eigenvalue weighted by atomic mass is 35.5. The van der Waals surface area contributed by atoms with Gasteiger partial charge in [0.05, 0.1) is 17.5 Å². The van der Waals surface area contributed by atoms with Crippen molar-refractivity contribution in [2.45, 2.75) is 38.9 Å². The second-order valence-corrected chi connectivity index (χ2v) is 11.6. The number of aryl methyl sites for hydroxylation is 1. The van der Waals surface area contributed by atoms with Gasteiger partial charge in [0, 0.05) is 17.5 Å². The summed E-state index contributed by atoms with van der Waals surface area (Å²) in [6.07, 6.45) is -1.01. The Labute approximate surface area is 251 Å². The molecule has 0 saturated heterocycles. The fourth-order valence-electron chi connectivity index (χ4n) is 5.21. The number of aliphatic carboxylic acids is 1. The number of hydrogen-bond donors (Lipinski definition) is 1. The average Bonchev–Trinajstić information content (AvgIpc) is 3.59. The molecule has 1 N–H and O–H groups in total. The molecule has 0 saturated carbocycles. The van der Waals surface area contributed by atoms with Crippen LogP contribution in [-0.4, -0.2) is 28.4 Å². The van der Waals surface area contributed by atoms with Crippen molar-refractivity contribution >= 4 is 39.8 Å². The number of furan rings is 1. The zero-order chi connectivity index (χ0) is 31.1. The van der Waals surface area contributed by atoms with Crippen molar-refractivity contribution in [2.24, 2.45) is 5.92 Å². The molecule has 1 aliphatic rings. The predicted octanol–water partition coefficient (Wildman–Crippen LogP) is 8.60. The smallest absolute Gasteiger partial charge is 0.449 e. The van der Waals surface area contributed by atoms with Crippen molar-refractivity contribution in [3.8, 4) is 0 Å². The highest BCUT2D eigenvalue weighted by Crippen LogP contribution is 2.37. The van der Waals surface area contributed by atoms with Gasteiger partial charge in [-0.3, -0.25) is 9.59 Å². The Morgan fingerprint density at radius 3 is 2.44 bits per heavy atom. The first kappa shape index (κ1) is 30.2. The summed E-state index contributed by atoms with van der Waals surface area (Å²) >= 11 is 6.70. The number of amides is 1. The van der Waals surface area contributed by atoms with Crippen LogP contribution in [0.2, 0.25) is 0 Å². The quantitative estimate of drug-likeness (QED) is 0.218. The van der Waals surface area contributed by atoms with Gasteiger partial charge in [0.25, 0.3) is 5.91 Å². The average molecular weight is 608 g/mol. The van der Waals surface area contributed by atoms with E-state index in [0.717, 1.165) is 33.5 Å². The van der Waals surface area contributed by atoms with Crippen LogP contribution in [-0.2, 0) is 22.9 Å². The second-order valence-electron chi connectivity index (χ2n) is 11.2. The van der Waals surface area contributed by atoms with E-state index in [9.17, 15) is 27.9 Å². The predicted molar refractivity (Wildman–Crippen MR) is 160 cm³/mol. The highest BCUT2D eigenvalue weighted by Gasteiger charge is 2.35. The number of carboxylic acid groups (broad SMARTS) is 1.